The maximum Gasteiger partial charge on any atom is 0.137 e. The van der Waals surface area contributed by atoms with E-state index < -0.39 is 0 Å². The normalized spacial score (nSPS) is 15.3. The monoisotopic (exact) mass is 659 g/mol. The first kappa shape index (κ1) is 29.7. The Bertz CT molecular complexity index is 2650. The largest absolute Gasteiger partial charge is 0.310 e. The molecule has 0 saturated heterocycles. The number of rotatable bonds is 3. The van der Waals surface area contributed by atoms with E-state index in [1.54, 1.807) is 0 Å². The van der Waals surface area contributed by atoms with E-state index >= 15 is 0 Å². The molecule has 3 aromatic heterocycles. The molecule has 0 aliphatic carbocycles. The third-order valence-corrected chi connectivity index (χ3v) is 11.3. The van der Waals surface area contributed by atoms with Crippen LogP contribution in [0.2, 0.25) is 0 Å². The number of aromatic nitrogens is 3. The number of nitrogens with zero attached hydrogens (tertiary/aromatic N) is 5. The van der Waals surface area contributed by atoms with Gasteiger partial charge in [-0.1, -0.05) is 100 Å². The molecule has 2 aliphatic rings. The molecule has 2 aliphatic heterocycles. The van der Waals surface area contributed by atoms with Crippen LogP contribution in [0, 0.1) is 0 Å². The average molecular weight is 660 g/mol. The summed E-state index contributed by atoms with van der Waals surface area (Å²) in [5.41, 5.74) is 12.8. The maximum atomic E-state index is 4.90. The van der Waals surface area contributed by atoms with Gasteiger partial charge >= 0.3 is 0 Å². The molecule has 8 aromatic rings. The molecule has 5 heterocycles. The van der Waals surface area contributed by atoms with Crippen molar-refractivity contribution in [3.63, 3.8) is 0 Å². The van der Waals surface area contributed by atoms with Crippen LogP contribution in [0.15, 0.2) is 152 Å². The van der Waals surface area contributed by atoms with Gasteiger partial charge in [0, 0.05) is 39.7 Å². The van der Waals surface area contributed by atoms with Crippen LogP contribution < -0.4 is 9.80 Å². The molecule has 51 heavy (non-hydrogen) atoms. The zero-order valence-corrected chi connectivity index (χ0v) is 29.2. The molecule has 0 amide bonds. The molecule has 0 atom stereocenters. The summed E-state index contributed by atoms with van der Waals surface area (Å²) in [6.45, 7) is 9.46. The lowest BCUT2D eigenvalue weighted by Crippen LogP contribution is -2.35. The number of anilines is 6. The Morgan fingerprint density at radius 1 is 0.412 bits per heavy atom. The molecule has 0 unspecified atom stereocenters. The molecular weight excluding hydrogens is 623 g/mol. The van der Waals surface area contributed by atoms with E-state index in [2.05, 4.69) is 169 Å². The highest BCUT2D eigenvalue weighted by Crippen LogP contribution is 2.58. The molecule has 0 N–H and O–H groups in total. The summed E-state index contributed by atoms with van der Waals surface area (Å²) < 4.78 is 2.30. The smallest absolute Gasteiger partial charge is 0.137 e. The average Bonchev–Trinajstić information content (AvgIpc) is 3.49. The Morgan fingerprint density at radius 2 is 0.961 bits per heavy atom. The van der Waals surface area contributed by atoms with Crippen molar-refractivity contribution < 1.29 is 0 Å². The summed E-state index contributed by atoms with van der Waals surface area (Å²) in [5.74, 6) is 1.81. The minimum absolute atomic E-state index is 0.230. The van der Waals surface area contributed by atoms with Crippen molar-refractivity contribution in [1.82, 2.24) is 14.5 Å². The van der Waals surface area contributed by atoms with Crippen LogP contribution in [-0.4, -0.2) is 14.5 Å². The lowest BCUT2D eigenvalue weighted by molar-refractivity contribution is 0.607. The highest BCUT2D eigenvalue weighted by Gasteiger charge is 2.43. The Morgan fingerprint density at radius 3 is 1.63 bits per heavy atom. The van der Waals surface area contributed by atoms with Crippen molar-refractivity contribution in [3.8, 4) is 5.82 Å². The molecule has 0 bridgehead atoms. The maximum absolute atomic E-state index is 4.90. The number of benzene rings is 5. The molecule has 10 rings (SSSR count). The van der Waals surface area contributed by atoms with Gasteiger partial charge in [0.15, 0.2) is 0 Å². The van der Waals surface area contributed by atoms with Crippen LogP contribution in [0.25, 0.3) is 27.6 Å². The fourth-order valence-corrected chi connectivity index (χ4v) is 8.73. The van der Waals surface area contributed by atoms with Gasteiger partial charge in [-0.15, -0.1) is 0 Å². The van der Waals surface area contributed by atoms with E-state index in [1.165, 1.54) is 44.4 Å². The lowest BCUT2D eigenvalue weighted by Gasteiger charge is -2.46. The second kappa shape index (κ2) is 10.6. The van der Waals surface area contributed by atoms with Crippen molar-refractivity contribution in [1.29, 1.82) is 0 Å². The zero-order chi connectivity index (χ0) is 34.5. The number of para-hydroxylation sites is 3. The van der Waals surface area contributed by atoms with Crippen molar-refractivity contribution in [3.05, 3.63) is 174 Å². The van der Waals surface area contributed by atoms with Gasteiger partial charge in [-0.05, 0) is 89.0 Å². The molecule has 0 fully saturated rings. The SMILES string of the molecule is CC1(C)c2ccccc2N(c2ccc3c4ccccc4n(-c4ccccn4)c3c2)c2cc3c(cc21)C(C)(C)c1ccccc1N3c1ccccn1. The second-order valence-corrected chi connectivity index (χ2v) is 14.8. The first-order chi connectivity index (χ1) is 24.8. The van der Waals surface area contributed by atoms with Crippen molar-refractivity contribution in [2.45, 2.75) is 38.5 Å². The number of pyridine rings is 2. The van der Waals surface area contributed by atoms with Gasteiger partial charge in [-0.3, -0.25) is 9.47 Å². The van der Waals surface area contributed by atoms with E-state index in [0.717, 1.165) is 39.7 Å². The predicted octanol–water partition coefficient (Wildman–Crippen LogP) is 11.8. The van der Waals surface area contributed by atoms with Crippen LogP contribution in [0.5, 0.6) is 0 Å². The van der Waals surface area contributed by atoms with E-state index in [4.69, 9.17) is 9.97 Å². The summed E-state index contributed by atoms with van der Waals surface area (Å²) >= 11 is 0. The molecule has 5 heteroatoms. The molecule has 0 radical (unpaired) electrons. The van der Waals surface area contributed by atoms with Gasteiger partial charge in [0.2, 0.25) is 0 Å². The number of hydrogen-bond donors (Lipinski definition) is 0. The Kier molecular flexibility index (Phi) is 6.20. The number of hydrogen-bond acceptors (Lipinski definition) is 4. The van der Waals surface area contributed by atoms with Gasteiger partial charge in [0.25, 0.3) is 0 Å². The third-order valence-electron chi connectivity index (χ3n) is 11.3. The molecule has 0 saturated carbocycles. The van der Waals surface area contributed by atoms with E-state index in [9.17, 15) is 0 Å². The fourth-order valence-electron chi connectivity index (χ4n) is 8.73. The van der Waals surface area contributed by atoms with E-state index in [1.807, 2.05) is 24.5 Å². The van der Waals surface area contributed by atoms with Crippen LogP contribution in [-0.2, 0) is 10.8 Å². The van der Waals surface area contributed by atoms with Gasteiger partial charge in [0.05, 0.1) is 33.8 Å². The summed E-state index contributed by atoms with van der Waals surface area (Å²) in [6.07, 6.45) is 3.76. The van der Waals surface area contributed by atoms with Gasteiger partial charge < -0.3 is 4.90 Å². The summed E-state index contributed by atoms with van der Waals surface area (Å²) in [6, 6.07) is 50.4. The first-order valence-electron chi connectivity index (χ1n) is 17.7. The topological polar surface area (TPSA) is 37.2 Å². The minimum atomic E-state index is -0.243. The van der Waals surface area contributed by atoms with Crippen LogP contribution >= 0.6 is 0 Å². The Hall–Kier alpha value is -6.20. The van der Waals surface area contributed by atoms with Crippen LogP contribution in [0.4, 0.5) is 34.3 Å². The number of fused-ring (bicyclic) bond motifs is 7. The summed E-state index contributed by atoms with van der Waals surface area (Å²) in [4.78, 5) is 14.5. The molecular formula is C46H37N5. The minimum Gasteiger partial charge on any atom is -0.310 e. The quantitative estimate of drug-likeness (QED) is 0.189. The molecule has 0 spiro atoms. The molecule has 5 nitrogen and oxygen atoms in total. The summed E-state index contributed by atoms with van der Waals surface area (Å²) in [5, 5.41) is 2.42. The molecule has 246 valence electrons. The fraction of sp³-hybridized carbons (Fsp3) is 0.130. The standard InChI is InChI=1S/C46H37N5/c1-45(2)33-16-6-9-19-38(33)49(30-23-24-32-31-15-5-8-18-37(31)50(40(32)27-30)43-21-11-13-25-47-43)41-29-42-36(28-35(41)45)46(3,4)34-17-7-10-20-39(34)51(42)44-22-12-14-26-48-44/h5-29H,1-4H3. The highest BCUT2D eigenvalue weighted by atomic mass is 15.2. The first-order valence-corrected chi connectivity index (χ1v) is 17.7. The Labute approximate surface area is 298 Å². The van der Waals surface area contributed by atoms with Crippen molar-refractivity contribution in [2.75, 3.05) is 9.80 Å². The van der Waals surface area contributed by atoms with Gasteiger partial charge in [0.1, 0.15) is 11.6 Å². The van der Waals surface area contributed by atoms with Gasteiger partial charge in [-0.2, -0.15) is 0 Å². The lowest BCUT2D eigenvalue weighted by atomic mass is 9.68. The van der Waals surface area contributed by atoms with Crippen molar-refractivity contribution >= 4 is 56.1 Å². The second-order valence-electron chi connectivity index (χ2n) is 14.8. The third kappa shape index (κ3) is 4.15. The van der Waals surface area contributed by atoms with Crippen LogP contribution in [0.1, 0.15) is 49.9 Å². The zero-order valence-electron chi connectivity index (χ0n) is 29.2. The Balaban J connectivity index is 1.28. The molecule has 5 aromatic carbocycles. The van der Waals surface area contributed by atoms with E-state index in [0.29, 0.717) is 0 Å². The van der Waals surface area contributed by atoms with Crippen molar-refractivity contribution in [2.24, 2.45) is 0 Å². The van der Waals surface area contributed by atoms with Crippen LogP contribution in [0.3, 0.4) is 0 Å². The summed E-state index contributed by atoms with van der Waals surface area (Å²) in [7, 11) is 0. The highest BCUT2D eigenvalue weighted by molar-refractivity contribution is 6.10. The van der Waals surface area contributed by atoms with E-state index in [-0.39, 0.29) is 10.8 Å². The predicted molar refractivity (Wildman–Crippen MR) is 210 cm³/mol. The van der Waals surface area contributed by atoms with Gasteiger partial charge in [-0.25, -0.2) is 9.97 Å².